The first-order valence-corrected chi connectivity index (χ1v) is 42.5. The topological polar surface area (TPSA) is 398 Å². The largest absolute Gasteiger partial charge is 0.494 e. The number of hydrogen-bond donors (Lipinski definition) is 6. The summed E-state index contributed by atoms with van der Waals surface area (Å²) >= 11 is 4.69. The van der Waals surface area contributed by atoms with E-state index in [9.17, 15) is 52.6 Å². The molecule has 4 aliphatic heterocycles. The minimum absolute atomic E-state index is 0.0615. The van der Waals surface area contributed by atoms with E-state index in [-0.39, 0.29) is 89.6 Å². The van der Waals surface area contributed by atoms with Crippen molar-refractivity contribution in [2.45, 2.75) is 210 Å². The third-order valence-electron chi connectivity index (χ3n) is 19.2. The van der Waals surface area contributed by atoms with Gasteiger partial charge in [-0.3, -0.25) is 71.2 Å². The Kier molecular flexibility index (Phi) is 30.9. The number of imide groups is 1. The Morgan fingerprint density at radius 2 is 1.36 bits per heavy atom. The van der Waals surface area contributed by atoms with Crippen LogP contribution < -0.4 is 36.7 Å². The molecule has 4 aliphatic rings. The number of likely N-dealkylation sites (N-methyl/N-ethyl adjacent to an activating group) is 1. The maximum absolute atomic E-state index is 17.2. The number of benzene rings is 3. The van der Waals surface area contributed by atoms with Crippen molar-refractivity contribution in [3.63, 3.8) is 0 Å². The Bertz CT molecular complexity index is 4470. The Hall–Kier alpha value is -8.28. The molecule has 4 fully saturated rings. The molecule has 608 valence electrons. The van der Waals surface area contributed by atoms with E-state index in [2.05, 4.69) is 50.5 Å². The molecule has 5 N–H and O–H groups in total. The number of nitrogens with zero attached hydrogens (tertiary/aromatic N) is 7. The molecular formula is C74H95F2N11O21P2S2. The van der Waals surface area contributed by atoms with Gasteiger partial charge in [0, 0.05) is 50.1 Å². The number of aromatic nitrogens is 6. The van der Waals surface area contributed by atoms with E-state index in [1.54, 1.807) is 88.4 Å². The number of H-pyrrole nitrogens is 1. The minimum Gasteiger partial charge on any atom is -0.494 e. The highest BCUT2D eigenvalue weighted by Crippen LogP contribution is 2.65. The van der Waals surface area contributed by atoms with Gasteiger partial charge < -0.3 is 44.1 Å². The molecule has 38 heteroatoms. The fraction of sp³-hybridized carbons (Fsp3) is 0.541. The van der Waals surface area contributed by atoms with Gasteiger partial charge in [-0.25, -0.2) is 47.2 Å². The number of fused-ring (bicyclic) bond motifs is 3. The van der Waals surface area contributed by atoms with Gasteiger partial charge in [-0.05, 0) is 102 Å². The number of amides is 6. The second kappa shape index (κ2) is 40.1. The summed E-state index contributed by atoms with van der Waals surface area (Å²) < 4.78 is 117. The Balaban J connectivity index is 0.742. The molecule has 7 heterocycles. The number of phosphoric ester groups is 1. The molecular weight excluding hydrogens is 1540 g/mol. The van der Waals surface area contributed by atoms with Gasteiger partial charge in [0.2, 0.25) is 29.5 Å². The Morgan fingerprint density at radius 1 is 0.732 bits per heavy atom. The lowest BCUT2D eigenvalue weighted by Crippen LogP contribution is -2.56. The number of alkyl halides is 2. The van der Waals surface area contributed by atoms with E-state index in [1.165, 1.54) is 73.9 Å². The summed E-state index contributed by atoms with van der Waals surface area (Å²) in [5.41, 5.74) is -0.655. The van der Waals surface area contributed by atoms with Crippen LogP contribution >= 0.6 is 38.6 Å². The van der Waals surface area contributed by atoms with E-state index in [1.807, 2.05) is 4.98 Å². The van der Waals surface area contributed by atoms with Crippen LogP contribution in [-0.4, -0.2) is 173 Å². The first-order valence-electron chi connectivity index (χ1n) is 37.4. The number of carbonyl (C=O) groups is 7. The van der Waals surface area contributed by atoms with E-state index in [0.29, 0.717) is 64.4 Å². The summed E-state index contributed by atoms with van der Waals surface area (Å²) in [6.45, 7) is 3.01. The summed E-state index contributed by atoms with van der Waals surface area (Å²) in [6, 6.07) is 17.9. The smallest absolute Gasteiger partial charge is 0.472 e. The fourth-order valence-corrected chi connectivity index (χ4v) is 17.8. The Labute approximate surface area is 654 Å². The number of rotatable bonds is 35. The van der Waals surface area contributed by atoms with E-state index in [0.717, 1.165) is 48.7 Å². The number of likely N-dealkylation sites (tertiary alicyclic amines) is 1. The number of aromatic amines is 1. The lowest BCUT2D eigenvalue weighted by atomic mass is 9.98. The summed E-state index contributed by atoms with van der Waals surface area (Å²) in [4.78, 5) is 145. The monoisotopic (exact) mass is 1640 g/mol. The number of carbonyl (C=O) groups excluding carboxylic acids is 7. The first-order chi connectivity index (χ1) is 53.6. The fourth-order valence-electron chi connectivity index (χ4n) is 13.2. The minimum atomic E-state index is -5.42. The maximum atomic E-state index is 17.2. The second-order valence-electron chi connectivity index (χ2n) is 28.3. The van der Waals surface area contributed by atoms with Crippen LogP contribution in [0.3, 0.4) is 0 Å². The predicted molar refractivity (Wildman–Crippen MR) is 409 cm³/mol. The maximum Gasteiger partial charge on any atom is 0.472 e. The predicted octanol–water partition coefficient (Wildman–Crippen LogP) is 11.3. The number of phosphoric acid groups is 1. The first kappa shape index (κ1) is 86.1. The number of ether oxygens (including phenoxy) is 5. The average molecular weight is 1640 g/mol. The van der Waals surface area contributed by atoms with Gasteiger partial charge >= 0.3 is 32.4 Å². The summed E-state index contributed by atoms with van der Waals surface area (Å²) in [6.07, 6.45) is -0.333. The van der Waals surface area contributed by atoms with E-state index in [4.69, 9.17) is 41.8 Å². The summed E-state index contributed by atoms with van der Waals surface area (Å²) in [5, 5.41) is 7.47. The lowest BCUT2D eigenvalue weighted by molar-refractivity contribution is -0.141. The van der Waals surface area contributed by atoms with Gasteiger partial charge in [0.15, 0.2) is 41.8 Å². The van der Waals surface area contributed by atoms with Crippen LogP contribution in [0.25, 0.3) is 11.2 Å². The summed E-state index contributed by atoms with van der Waals surface area (Å²) in [7, 11) is -3.89. The molecule has 3 aromatic heterocycles. The zero-order valence-electron chi connectivity index (χ0n) is 62.8. The average Bonchev–Trinajstić information content (AvgIpc) is 1.62. The zero-order valence-corrected chi connectivity index (χ0v) is 66.3. The van der Waals surface area contributed by atoms with Crippen LogP contribution in [0.4, 0.5) is 25.1 Å². The van der Waals surface area contributed by atoms with Crippen LogP contribution in [-0.2, 0) is 77.8 Å². The van der Waals surface area contributed by atoms with Gasteiger partial charge in [0.1, 0.15) is 60.9 Å². The van der Waals surface area contributed by atoms with Crippen LogP contribution in [0.15, 0.2) is 107 Å². The zero-order chi connectivity index (χ0) is 80.4. The highest BCUT2D eigenvalue weighted by atomic mass is 32.7. The molecule has 0 saturated carbocycles. The van der Waals surface area contributed by atoms with Gasteiger partial charge in [0.25, 0.3) is 5.56 Å². The third-order valence-corrected chi connectivity index (χ3v) is 24.3. The number of nitrogens with one attached hydrogen (secondary N) is 4. The van der Waals surface area contributed by atoms with Crippen molar-refractivity contribution in [2.75, 3.05) is 44.0 Å². The normalized spacial score (nSPS) is 23.9. The second-order valence-corrected chi connectivity index (χ2v) is 34.4. The van der Waals surface area contributed by atoms with Gasteiger partial charge in [0.05, 0.1) is 37.0 Å². The van der Waals surface area contributed by atoms with Crippen LogP contribution in [0.5, 0.6) is 11.5 Å². The van der Waals surface area contributed by atoms with Crippen molar-refractivity contribution in [3.8, 4) is 11.5 Å². The van der Waals surface area contributed by atoms with E-state index < -0.39 is 130 Å². The van der Waals surface area contributed by atoms with Crippen LogP contribution in [0, 0.1) is 11.8 Å². The number of hydrogen-bond acceptors (Lipinski definition) is 25. The molecule has 32 nitrogen and oxygen atoms in total. The number of unbranched alkanes of at least 4 members (excludes halogenated alkanes) is 11. The molecule has 13 atom stereocenters. The standard InChI is InChI=1S/C74H95F2N11O21P2S2/c1-7-8-9-10-11-12-13-14-15-19-36-100-50-31-25-48(26-32-50)72(94)104-51-29-23-47(24-30-51)41-112-110(99)103-40-53-63(107-109(97,98)102-39-52-64(108-110)59(76)70(105-52)86-35-33-55(88)81-73(86)95)58(75)71(106-53)87-43-79-61-65(77-42-78-66(61)87)83-74(96)101-38-46-21-27-49(28-22-46)80-67(91)60(44(2)3)82-68(92)62(45(4)5)84(6)56(89)20-17-16-18-34-85-57(90)37-54(111)69(85)93/h21-33,35,42-45,52-54,58-60,62-64,70-71,111H,7-20,34,36-41H2,1-6H3,(H,80,91)(H,82,92)(H,97,98)(H,81,88,95)(H,77,78,83,96)/t52-,53-,54?,58-,59-,60?,62?,63-,64-,70-,71-,110?/m1/s1. The summed E-state index contributed by atoms with van der Waals surface area (Å²) in [5.74, 6) is -2.96. The van der Waals surface area contributed by atoms with Crippen molar-refractivity contribution in [3.05, 3.63) is 135 Å². The number of halogens is 2. The van der Waals surface area contributed by atoms with Gasteiger partial charge in [-0.2, -0.15) is 12.6 Å². The number of esters is 1. The Morgan fingerprint density at radius 3 is 2.00 bits per heavy atom. The molecule has 3 aromatic carbocycles. The van der Waals surface area contributed by atoms with Crippen molar-refractivity contribution < 1.29 is 98.1 Å². The molecule has 5 unspecified atom stereocenters. The molecule has 0 radical (unpaired) electrons. The van der Waals surface area contributed by atoms with Crippen molar-refractivity contribution in [1.29, 1.82) is 0 Å². The van der Waals surface area contributed by atoms with Gasteiger partial charge in [-0.1, -0.05) is 123 Å². The molecule has 6 amide bonds. The van der Waals surface area contributed by atoms with Crippen molar-refractivity contribution >= 4 is 103 Å². The number of imidazole rings is 1. The quantitative estimate of drug-likeness (QED) is 0.00537. The lowest BCUT2D eigenvalue weighted by Gasteiger charge is -2.32. The SMILES string of the molecule is CCCCCCCCCCCCOc1ccc(C(=O)Oc2ccc(CSP3(=O)OC[C@H]4O[C@@H](n5cnc6c(NC(=O)OCc7ccc(NC(=O)C(NC(=O)C(C(C)C)N(C)C(=O)CCCCCN8C(=O)CC(S)C8=O)C(C)C)cc7)ncnc65)[C@H](F)[C@@H]4OP(=O)(O)OC[C@H]4O[C@@H](n5ccc(=O)[nH]c5=O)[C@H](F)[C@@H]4O3)cc2)cc1. The van der Waals surface area contributed by atoms with E-state index >= 15 is 13.3 Å². The van der Waals surface area contributed by atoms with Gasteiger partial charge in [-0.15, -0.1) is 0 Å². The van der Waals surface area contributed by atoms with Crippen LogP contribution in [0.2, 0.25) is 0 Å². The van der Waals surface area contributed by atoms with Crippen LogP contribution in [0.1, 0.15) is 165 Å². The molecule has 6 aromatic rings. The molecule has 0 aliphatic carbocycles. The highest BCUT2D eigenvalue weighted by molar-refractivity contribution is 8.54. The molecule has 112 heavy (non-hydrogen) atoms. The molecule has 0 spiro atoms. The number of thiol groups is 1. The molecule has 10 rings (SSSR count). The van der Waals surface area contributed by atoms with Crippen molar-refractivity contribution in [1.82, 2.24) is 44.2 Å². The number of anilines is 2. The highest BCUT2D eigenvalue weighted by Gasteiger charge is 2.55. The molecule has 4 saturated heterocycles. The molecule has 0 bridgehead atoms. The van der Waals surface area contributed by atoms with Crippen molar-refractivity contribution in [2.24, 2.45) is 11.8 Å². The third kappa shape index (κ3) is 23.0.